The molecule has 162 valence electrons. The number of rotatable bonds is 5. The Labute approximate surface area is 194 Å². The average Bonchev–Trinajstić information content (AvgIpc) is 3.23. The fraction of sp³-hybridized carbons (Fsp3) is 0.200. The number of anilines is 1. The van der Waals surface area contributed by atoms with E-state index in [2.05, 4.69) is 48.6 Å². The molecule has 1 aliphatic heterocycles. The fourth-order valence-corrected chi connectivity index (χ4v) is 4.39. The van der Waals surface area contributed by atoms with Crippen molar-refractivity contribution in [3.8, 4) is 11.5 Å². The van der Waals surface area contributed by atoms with Gasteiger partial charge in [0.15, 0.2) is 5.58 Å². The second-order valence-corrected chi connectivity index (χ2v) is 8.68. The minimum Gasteiger partial charge on any atom is -0.436 e. The molecule has 1 aliphatic rings. The summed E-state index contributed by atoms with van der Waals surface area (Å²) in [5, 5.41) is 6.38. The Bertz CT molecular complexity index is 1260. The molecule has 2 heterocycles. The van der Waals surface area contributed by atoms with Gasteiger partial charge < -0.3 is 15.1 Å². The SMILES string of the molecule is O=C(Nc1ccccc1-c1nc2ccc(CN3CCNCC3)cc2o1)c1ccccc1Br. The second-order valence-electron chi connectivity index (χ2n) is 7.83. The number of carbonyl (C=O) groups is 1. The third-order valence-corrected chi connectivity index (χ3v) is 6.28. The number of halogens is 1. The molecule has 2 N–H and O–H groups in total. The van der Waals surface area contributed by atoms with Crippen LogP contribution in [0.3, 0.4) is 0 Å². The highest BCUT2D eigenvalue weighted by molar-refractivity contribution is 9.10. The Kier molecular flexibility index (Phi) is 6.03. The zero-order valence-corrected chi connectivity index (χ0v) is 19.1. The molecule has 1 saturated heterocycles. The number of piperazine rings is 1. The zero-order chi connectivity index (χ0) is 21.9. The normalized spacial score (nSPS) is 14.5. The van der Waals surface area contributed by atoms with Crippen molar-refractivity contribution in [2.75, 3.05) is 31.5 Å². The Balaban J connectivity index is 1.41. The molecule has 0 aliphatic carbocycles. The van der Waals surface area contributed by atoms with Gasteiger partial charge in [0.2, 0.25) is 5.89 Å². The van der Waals surface area contributed by atoms with Crippen LogP contribution >= 0.6 is 15.9 Å². The van der Waals surface area contributed by atoms with Gasteiger partial charge in [0, 0.05) is 37.2 Å². The summed E-state index contributed by atoms with van der Waals surface area (Å²) in [7, 11) is 0. The van der Waals surface area contributed by atoms with Crippen molar-refractivity contribution >= 4 is 38.6 Å². The number of amides is 1. The highest BCUT2D eigenvalue weighted by Gasteiger charge is 2.17. The van der Waals surface area contributed by atoms with Gasteiger partial charge in [0.05, 0.1) is 16.8 Å². The van der Waals surface area contributed by atoms with Crippen LogP contribution in [0, 0.1) is 0 Å². The molecule has 4 aromatic rings. The van der Waals surface area contributed by atoms with Crippen LogP contribution in [0.4, 0.5) is 5.69 Å². The summed E-state index contributed by atoms with van der Waals surface area (Å²) >= 11 is 3.44. The minimum absolute atomic E-state index is 0.195. The lowest BCUT2D eigenvalue weighted by molar-refractivity contribution is 0.102. The second kappa shape index (κ2) is 9.24. The van der Waals surface area contributed by atoms with Crippen LogP contribution in [0.25, 0.3) is 22.6 Å². The van der Waals surface area contributed by atoms with Gasteiger partial charge in [-0.25, -0.2) is 4.98 Å². The van der Waals surface area contributed by atoms with Crippen LogP contribution < -0.4 is 10.6 Å². The van der Waals surface area contributed by atoms with E-state index in [1.165, 1.54) is 5.56 Å². The smallest absolute Gasteiger partial charge is 0.256 e. The molecule has 7 heteroatoms. The summed E-state index contributed by atoms with van der Waals surface area (Å²) in [6, 6.07) is 21.1. The Morgan fingerprint density at radius 1 is 1.06 bits per heavy atom. The van der Waals surface area contributed by atoms with Crippen LogP contribution in [0.2, 0.25) is 0 Å². The van der Waals surface area contributed by atoms with E-state index in [4.69, 9.17) is 4.42 Å². The molecule has 1 fully saturated rings. The van der Waals surface area contributed by atoms with Gasteiger partial charge in [-0.3, -0.25) is 9.69 Å². The van der Waals surface area contributed by atoms with E-state index in [0.717, 1.165) is 53.9 Å². The van der Waals surface area contributed by atoms with Gasteiger partial charge >= 0.3 is 0 Å². The highest BCUT2D eigenvalue weighted by Crippen LogP contribution is 2.31. The molecule has 0 atom stereocenters. The lowest BCUT2D eigenvalue weighted by Crippen LogP contribution is -2.42. The van der Waals surface area contributed by atoms with E-state index in [1.54, 1.807) is 6.07 Å². The third-order valence-electron chi connectivity index (χ3n) is 5.59. The number of fused-ring (bicyclic) bond motifs is 1. The number of aromatic nitrogens is 1. The van der Waals surface area contributed by atoms with E-state index < -0.39 is 0 Å². The monoisotopic (exact) mass is 490 g/mol. The number of oxazole rings is 1. The summed E-state index contributed by atoms with van der Waals surface area (Å²) in [5.41, 5.74) is 4.72. The van der Waals surface area contributed by atoms with Crippen molar-refractivity contribution in [2.24, 2.45) is 0 Å². The molecule has 0 radical (unpaired) electrons. The maximum Gasteiger partial charge on any atom is 0.256 e. The van der Waals surface area contributed by atoms with Gasteiger partial charge in [-0.05, 0) is 57.9 Å². The predicted octanol–water partition coefficient (Wildman–Crippen LogP) is 4.91. The summed E-state index contributed by atoms with van der Waals surface area (Å²) in [6.45, 7) is 5.04. The standard InChI is InChI=1S/C25H23BrN4O2/c26-20-7-3-1-5-18(20)24(31)28-21-8-4-2-6-19(21)25-29-22-10-9-17(15-23(22)32-25)16-30-13-11-27-12-14-30/h1-10,15,27H,11-14,16H2,(H,28,31). The Morgan fingerprint density at radius 2 is 1.84 bits per heavy atom. The van der Waals surface area contributed by atoms with E-state index in [-0.39, 0.29) is 5.91 Å². The van der Waals surface area contributed by atoms with Crippen molar-refractivity contribution in [3.05, 3.63) is 82.3 Å². The molecular weight excluding hydrogens is 468 g/mol. The molecule has 5 rings (SSSR count). The first-order valence-corrected chi connectivity index (χ1v) is 11.4. The summed E-state index contributed by atoms with van der Waals surface area (Å²) in [6.07, 6.45) is 0. The number of hydrogen-bond acceptors (Lipinski definition) is 5. The topological polar surface area (TPSA) is 70.4 Å². The first kappa shape index (κ1) is 20.9. The Morgan fingerprint density at radius 3 is 2.69 bits per heavy atom. The lowest BCUT2D eigenvalue weighted by Gasteiger charge is -2.27. The van der Waals surface area contributed by atoms with Crippen LogP contribution in [0.1, 0.15) is 15.9 Å². The van der Waals surface area contributed by atoms with Gasteiger partial charge in [-0.1, -0.05) is 30.3 Å². The number of carbonyl (C=O) groups excluding carboxylic acids is 1. The van der Waals surface area contributed by atoms with E-state index in [1.807, 2.05) is 48.5 Å². The molecule has 0 bridgehead atoms. The predicted molar refractivity (Wildman–Crippen MR) is 130 cm³/mol. The van der Waals surface area contributed by atoms with Gasteiger partial charge in [-0.2, -0.15) is 0 Å². The first-order chi connectivity index (χ1) is 15.7. The largest absolute Gasteiger partial charge is 0.436 e. The van der Waals surface area contributed by atoms with Gasteiger partial charge in [0.25, 0.3) is 5.91 Å². The summed E-state index contributed by atoms with van der Waals surface area (Å²) < 4.78 is 6.88. The average molecular weight is 491 g/mol. The van der Waals surface area contributed by atoms with E-state index >= 15 is 0 Å². The van der Waals surface area contributed by atoms with Crippen molar-refractivity contribution in [1.29, 1.82) is 0 Å². The van der Waals surface area contributed by atoms with Crippen LogP contribution in [-0.2, 0) is 6.54 Å². The molecule has 6 nitrogen and oxygen atoms in total. The molecule has 1 aromatic heterocycles. The maximum absolute atomic E-state index is 12.8. The number of hydrogen-bond donors (Lipinski definition) is 2. The third kappa shape index (κ3) is 4.46. The van der Waals surface area contributed by atoms with Crippen molar-refractivity contribution in [1.82, 2.24) is 15.2 Å². The molecule has 0 unspecified atom stereocenters. The molecule has 32 heavy (non-hydrogen) atoms. The summed E-state index contributed by atoms with van der Waals surface area (Å²) in [4.78, 5) is 19.9. The maximum atomic E-state index is 12.8. The minimum atomic E-state index is -0.195. The number of para-hydroxylation sites is 1. The fourth-order valence-electron chi connectivity index (χ4n) is 3.92. The summed E-state index contributed by atoms with van der Waals surface area (Å²) in [5.74, 6) is 0.293. The molecule has 1 amide bonds. The quantitative estimate of drug-likeness (QED) is 0.415. The molecule has 0 saturated carbocycles. The van der Waals surface area contributed by atoms with E-state index in [0.29, 0.717) is 17.1 Å². The van der Waals surface area contributed by atoms with Crippen molar-refractivity contribution in [3.63, 3.8) is 0 Å². The number of nitrogens with zero attached hydrogens (tertiary/aromatic N) is 2. The van der Waals surface area contributed by atoms with Gasteiger partial charge in [0.1, 0.15) is 5.52 Å². The molecule has 0 spiro atoms. The first-order valence-electron chi connectivity index (χ1n) is 10.7. The van der Waals surface area contributed by atoms with Crippen LogP contribution in [-0.4, -0.2) is 42.0 Å². The van der Waals surface area contributed by atoms with Crippen molar-refractivity contribution < 1.29 is 9.21 Å². The number of nitrogens with one attached hydrogen (secondary N) is 2. The Hall–Kier alpha value is -3.00. The zero-order valence-electron chi connectivity index (χ0n) is 17.5. The highest BCUT2D eigenvalue weighted by atomic mass is 79.9. The molecule has 3 aromatic carbocycles. The van der Waals surface area contributed by atoms with E-state index in [9.17, 15) is 4.79 Å². The van der Waals surface area contributed by atoms with Crippen LogP contribution in [0.15, 0.2) is 75.6 Å². The van der Waals surface area contributed by atoms with Gasteiger partial charge in [-0.15, -0.1) is 0 Å². The molecular formula is C25H23BrN4O2. The number of benzene rings is 3. The lowest BCUT2D eigenvalue weighted by atomic mass is 10.1. The van der Waals surface area contributed by atoms with Crippen molar-refractivity contribution in [2.45, 2.75) is 6.54 Å². The van der Waals surface area contributed by atoms with Crippen LogP contribution in [0.5, 0.6) is 0 Å².